The van der Waals surface area contributed by atoms with Crippen molar-refractivity contribution in [3.63, 3.8) is 0 Å². The van der Waals surface area contributed by atoms with Gasteiger partial charge in [0.2, 0.25) is 0 Å². The van der Waals surface area contributed by atoms with Crippen LogP contribution in [0.2, 0.25) is 0 Å². The third-order valence-corrected chi connectivity index (χ3v) is 4.26. The molecule has 112 valence electrons. The van der Waals surface area contributed by atoms with E-state index in [-0.39, 0.29) is 17.2 Å². The van der Waals surface area contributed by atoms with Gasteiger partial charge in [-0.3, -0.25) is 4.57 Å². The number of ether oxygens (including phenoxy) is 1. The van der Waals surface area contributed by atoms with Crippen molar-refractivity contribution in [3.8, 4) is 5.69 Å². The Hall–Kier alpha value is -1.77. The Morgan fingerprint density at radius 1 is 1.29 bits per heavy atom. The molecule has 0 aliphatic carbocycles. The van der Waals surface area contributed by atoms with Gasteiger partial charge >= 0.3 is 0 Å². The minimum atomic E-state index is -3.96. The second-order valence-corrected chi connectivity index (χ2v) is 6.59. The van der Waals surface area contributed by atoms with Gasteiger partial charge in [0.15, 0.2) is 0 Å². The van der Waals surface area contributed by atoms with E-state index in [4.69, 9.17) is 9.88 Å². The van der Waals surface area contributed by atoms with Crippen LogP contribution in [0.5, 0.6) is 0 Å². The molecule has 1 aliphatic rings. The average Bonchev–Trinajstić information content (AvgIpc) is 3.04. The molecule has 2 atom stereocenters. The summed E-state index contributed by atoms with van der Waals surface area (Å²) in [6.07, 6.45) is 0.893. The molecule has 8 heteroatoms. The first-order valence-electron chi connectivity index (χ1n) is 6.62. The number of primary sulfonamides is 1. The van der Waals surface area contributed by atoms with E-state index in [0.717, 1.165) is 6.42 Å². The third kappa shape index (κ3) is 2.69. The summed E-state index contributed by atoms with van der Waals surface area (Å²) in [7, 11) is -3.96. The zero-order valence-corrected chi connectivity index (χ0v) is 12.3. The van der Waals surface area contributed by atoms with E-state index in [0.29, 0.717) is 18.1 Å². The van der Waals surface area contributed by atoms with E-state index in [9.17, 15) is 8.42 Å². The first-order chi connectivity index (χ1) is 9.97. The van der Waals surface area contributed by atoms with Gasteiger partial charge in [-0.15, -0.1) is 10.2 Å². The van der Waals surface area contributed by atoms with E-state index in [1.807, 2.05) is 25.1 Å². The molecule has 0 saturated carbocycles. The van der Waals surface area contributed by atoms with Crippen LogP contribution in [0.1, 0.15) is 25.1 Å². The zero-order chi connectivity index (χ0) is 15.0. The molecule has 0 bridgehead atoms. The number of sulfonamides is 1. The van der Waals surface area contributed by atoms with E-state index >= 15 is 0 Å². The fraction of sp³-hybridized carbons (Fsp3) is 0.385. The molecule has 21 heavy (non-hydrogen) atoms. The summed E-state index contributed by atoms with van der Waals surface area (Å²) in [4.78, 5) is 0. The first kappa shape index (κ1) is 14.2. The molecule has 1 saturated heterocycles. The molecule has 1 aromatic carbocycles. The lowest BCUT2D eigenvalue weighted by molar-refractivity contribution is 0.123. The quantitative estimate of drug-likeness (QED) is 0.904. The van der Waals surface area contributed by atoms with Crippen molar-refractivity contribution in [2.24, 2.45) is 5.14 Å². The van der Waals surface area contributed by atoms with Crippen molar-refractivity contribution < 1.29 is 13.2 Å². The lowest BCUT2D eigenvalue weighted by Gasteiger charge is -2.12. The number of benzene rings is 1. The van der Waals surface area contributed by atoms with Crippen molar-refractivity contribution in [2.75, 3.05) is 6.61 Å². The fourth-order valence-electron chi connectivity index (χ4n) is 2.55. The molecule has 0 amide bonds. The molecule has 2 heterocycles. The number of hydrogen-bond donors (Lipinski definition) is 1. The van der Waals surface area contributed by atoms with E-state index in [1.165, 1.54) is 4.57 Å². The second kappa shape index (κ2) is 5.21. The lowest BCUT2D eigenvalue weighted by Crippen LogP contribution is -2.19. The maximum absolute atomic E-state index is 11.7. The normalized spacial score (nSPS) is 22.6. The number of rotatable bonds is 3. The van der Waals surface area contributed by atoms with Crippen LogP contribution < -0.4 is 5.14 Å². The highest BCUT2D eigenvalue weighted by atomic mass is 32.2. The van der Waals surface area contributed by atoms with Crippen LogP contribution in [0.15, 0.2) is 35.5 Å². The average molecular weight is 308 g/mol. The second-order valence-electron chi connectivity index (χ2n) is 5.13. The Morgan fingerprint density at radius 3 is 2.57 bits per heavy atom. The summed E-state index contributed by atoms with van der Waals surface area (Å²) in [6, 6.07) is 9.08. The van der Waals surface area contributed by atoms with Crippen LogP contribution in [0, 0.1) is 0 Å². The Balaban J connectivity index is 2.16. The number of hydrogen-bond acceptors (Lipinski definition) is 5. The van der Waals surface area contributed by atoms with Crippen molar-refractivity contribution in [1.29, 1.82) is 0 Å². The number of para-hydroxylation sites is 1. The molecule has 1 fully saturated rings. The molecular formula is C13H16N4O3S. The summed E-state index contributed by atoms with van der Waals surface area (Å²) >= 11 is 0. The Morgan fingerprint density at radius 2 is 2.00 bits per heavy atom. The highest BCUT2D eigenvalue weighted by molar-refractivity contribution is 7.89. The van der Waals surface area contributed by atoms with Crippen molar-refractivity contribution in [1.82, 2.24) is 14.8 Å². The monoisotopic (exact) mass is 308 g/mol. The minimum Gasteiger partial charge on any atom is -0.378 e. The van der Waals surface area contributed by atoms with E-state index < -0.39 is 10.0 Å². The van der Waals surface area contributed by atoms with Crippen LogP contribution in [-0.2, 0) is 14.8 Å². The molecule has 2 aromatic rings. The molecule has 3 rings (SSSR count). The predicted octanol–water partition coefficient (Wildman–Crippen LogP) is 0.807. The maximum Gasteiger partial charge on any atom is 0.274 e. The van der Waals surface area contributed by atoms with Crippen LogP contribution in [0.3, 0.4) is 0 Å². The number of nitrogens with zero attached hydrogens (tertiary/aromatic N) is 3. The highest BCUT2D eigenvalue weighted by Crippen LogP contribution is 2.30. The van der Waals surface area contributed by atoms with Crippen LogP contribution in [0.4, 0.5) is 0 Å². The van der Waals surface area contributed by atoms with E-state index in [2.05, 4.69) is 10.2 Å². The molecule has 1 aromatic heterocycles. The van der Waals surface area contributed by atoms with Crippen LogP contribution >= 0.6 is 0 Å². The number of nitrogens with two attached hydrogens (primary N) is 1. The lowest BCUT2D eigenvalue weighted by atomic mass is 10.1. The zero-order valence-electron chi connectivity index (χ0n) is 11.5. The molecule has 2 unspecified atom stereocenters. The van der Waals surface area contributed by atoms with Crippen LogP contribution in [-0.4, -0.2) is 35.9 Å². The molecule has 2 N–H and O–H groups in total. The summed E-state index contributed by atoms with van der Waals surface area (Å²) in [5.74, 6) is 0.567. The summed E-state index contributed by atoms with van der Waals surface area (Å²) in [5.41, 5.74) is 0.668. The Bertz CT molecular complexity index is 742. The fourth-order valence-corrected chi connectivity index (χ4v) is 3.15. The first-order valence-corrected chi connectivity index (χ1v) is 8.16. The topological polar surface area (TPSA) is 100 Å². The third-order valence-electron chi connectivity index (χ3n) is 3.49. The van der Waals surface area contributed by atoms with Gasteiger partial charge < -0.3 is 4.74 Å². The predicted molar refractivity (Wildman–Crippen MR) is 75.5 cm³/mol. The van der Waals surface area contributed by atoms with Gasteiger partial charge in [0, 0.05) is 11.6 Å². The van der Waals surface area contributed by atoms with Crippen molar-refractivity contribution in [3.05, 3.63) is 36.2 Å². The van der Waals surface area contributed by atoms with Gasteiger partial charge in [0.25, 0.3) is 15.2 Å². The molecule has 0 spiro atoms. The van der Waals surface area contributed by atoms with Gasteiger partial charge in [-0.1, -0.05) is 18.2 Å². The van der Waals surface area contributed by atoms with Crippen molar-refractivity contribution >= 4 is 10.0 Å². The van der Waals surface area contributed by atoms with Gasteiger partial charge in [0.1, 0.15) is 5.82 Å². The van der Waals surface area contributed by atoms with E-state index in [1.54, 1.807) is 12.1 Å². The van der Waals surface area contributed by atoms with Crippen molar-refractivity contribution in [2.45, 2.75) is 30.5 Å². The number of aromatic nitrogens is 3. The van der Waals surface area contributed by atoms with Gasteiger partial charge in [-0.25, -0.2) is 13.6 Å². The summed E-state index contributed by atoms with van der Waals surface area (Å²) < 4.78 is 30.5. The molecule has 0 radical (unpaired) electrons. The van der Waals surface area contributed by atoms with Crippen LogP contribution in [0.25, 0.3) is 5.69 Å². The largest absolute Gasteiger partial charge is 0.378 e. The highest BCUT2D eigenvalue weighted by Gasteiger charge is 2.31. The Labute approximate surface area is 122 Å². The standard InChI is InChI=1S/C13H16N4O3S/c1-9-7-10(8-20-9)12-15-16-13(21(14,18)19)17(12)11-5-3-2-4-6-11/h2-6,9-10H,7-8H2,1H3,(H2,14,18,19). The summed E-state index contributed by atoms with van der Waals surface area (Å²) in [6.45, 7) is 2.47. The smallest absolute Gasteiger partial charge is 0.274 e. The molecular weight excluding hydrogens is 292 g/mol. The molecule has 1 aliphatic heterocycles. The SMILES string of the molecule is CC1CC(c2nnc(S(N)(=O)=O)n2-c2ccccc2)CO1. The maximum atomic E-state index is 11.7. The van der Waals surface area contributed by atoms with Gasteiger partial charge in [-0.2, -0.15) is 0 Å². The molecule has 7 nitrogen and oxygen atoms in total. The van der Waals surface area contributed by atoms with Gasteiger partial charge in [0.05, 0.1) is 12.7 Å². The van der Waals surface area contributed by atoms with Gasteiger partial charge in [-0.05, 0) is 25.5 Å². The summed E-state index contributed by atoms with van der Waals surface area (Å²) in [5, 5.41) is 12.8. The Kier molecular flexibility index (Phi) is 3.52. The minimum absolute atomic E-state index is 0.00297.